The molecular formula is C21H20O6. The number of aromatic hydroxyl groups is 2. The zero-order valence-corrected chi connectivity index (χ0v) is 15.0. The molecule has 0 aromatic heterocycles. The van der Waals surface area contributed by atoms with Crippen molar-refractivity contribution in [3.8, 4) is 23.0 Å². The van der Waals surface area contributed by atoms with Crippen LogP contribution in [-0.4, -0.2) is 35.3 Å². The summed E-state index contributed by atoms with van der Waals surface area (Å²) >= 11 is 0. The van der Waals surface area contributed by atoms with Crippen LogP contribution in [0.5, 0.6) is 23.0 Å². The summed E-state index contributed by atoms with van der Waals surface area (Å²) in [6, 6.07) is 9.34. The number of carbonyl (C=O) groups is 1. The van der Waals surface area contributed by atoms with Gasteiger partial charge in [-0.15, -0.1) is 0 Å². The van der Waals surface area contributed by atoms with Crippen LogP contribution in [0, 0.1) is 0 Å². The molecule has 3 N–H and O–H groups in total. The first-order valence-corrected chi connectivity index (χ1v) is 7.93. The summed E-state index contributed by atoms with van der Waals surface area (Å²) in [5.41, 5.74) is 1.71. The second-order valence-electron chi connectivity index (χ2n) is 5.51. The van der Waals surface area contributed by atoms with Crippen LogP contribution in [0.15, 0.2) is 67.0 Å². The van der Waals surface area contributed by atoms with Gasteiger partial charge >= 0.3 is 0 Å². The van der Waals surface area contributed by atoms with Gasteiger partial charge in [-0.2, -0.15) is 0 Å². The summed E-state index contributed by atoms with van der Waals surface area (Å²) in [5.74, 6) is -0.316. The Morgan fingerprint density at radius 1 is 0.926 bits per heavy atom. The third kappa shape index (κ3) is 4.70. The average Bonchev–Trinajstić information content (AvgIpc) is 2.67. The maximum atomic E-state index is 11.5. The van der Waals surface area contributed by atoms with Crippen LogP contribution in [0.25, 0.3) is 5.57 Å². The van der Waals surface area contributed by atoms with Crippen LogP contribution in [0.2, 0.25) is 0 Å². The molecule has 0 saturated heterocycles. The number of aliphatic hydroxyl groups excluding tert-OH is 1. The lowest BCUT2D eigenvalue weighted by molar-refractivity contribution is -0.110. The first-order valence-electron chi connectivity index (χ1n) is 7.93. The molecule has 0 aliphatic rings. The standard InChI is InChI=1S/C21H20O6/c1-4-15(22)11-16(23)12-17(13-5-7-18(24)20(9-13)26-2)14-6-8-19(25)21(10-14)27-3/h4-12,23-25H,1H2,2-3H3. The number of hydrogen-bond donors (Lipinski definition) is 3. The quantitative estimate of drug-likeness (QED) is 0.391. The molecule has 0 radical (unpaired) electrons. The third-order valence-corrected chi connectivity index (χ3v) is 3.77. The molecule has 0 aliphatic carbocycles. The van der Waals surface area contributed by atoms with Crippen LogP contribution in [0.1, 0.15) is 11.1 Å². The zero-order chi connectivity index (χ0) is 20.0. The van der Waals surface area contributed by atoms with Gasteiger partial charge in [0.05, 0.1) is 14.2 Å². The van der Waals surface area contributed by atoms with Crippen molar-refractivity contribution in [2.75, 3.05) is 14.2 Å². The number of methoxy groups -OCH3 is 2. The number of phenols is 2. The molecule has 0 atom stereocenters. The average molecular weight is 368 g/mol. The molecule has 0 unspecified atom stereocenters. The first kappa shape index (κ1) is 19.7. The van der Waals surface area contributed by atoms with E-state index in [0.29, 0.717) is 16.7 Å². The zero-order valence-electron chi connectivity index (χ0n) is 15.0. The van der Waals surface area contributed by atoms with Gasteiger partial charge in [-0.25, -0.2) is 0 Å². The smallest absolute Gasteiger partial charge is 0.181 e. The van der Waals surface area contributed by atoms with Gasteiger partial charge < -0.3 is 24.8 Å². The Balaban J connectivity index is 2.67. The molecule has 0 saturated carbocycles. The van der Waals surface area contributed by atoms with Crippen LogP contribution in [-0.2, 0) is 4.79 Å². The molecule has 0 spiro atoms. The van der Waals surface area contributed by atoms with Crippen molar-refractivity contribution in [2.45, 2.75) is 0 Å². The number of hydrogen-bond acceptors (Lipinski definition) is 6. The Kier molecular flexibility index (Phi) is 6.27. The van der Waals surface area contributed by atoms with Crippen LogP contribution in [0.4, 0.5) is 0 Å². The normalized spacial score (nSPS) is 10.8. The molecule has 140 valence electrons. The van der Waals surface area contributed by atoms with Gasteiger partial charge in [-0.3, -0.25) is 4.79 Å². The van der Waals surface area contributed by atoms with Crippen molar-refractivity contribution in [3.05, 3.63) is 78.1 Å². The SMILES string of the molecule is C=CC(=O)C=C(O)C=C(c1ccc(O)c(OC)c1)c1ccc(O)c(OC)c1. The van der Waals surface area contributed by atoms with E-state index in [9.17, 15) is 20.1 Å². The first-order chi connectivity index (χ1) is 12.9. The largest absolute Gasteiger partial charge is 0.508 e. The van der Waals surface area contributed by atoms with E-state index >= 15 is 0 Å². The van der Waals surface area contributed by atoms with E-state index in [1.54, 1.807) is 24.3 Å². The van der Waals surface area contributed by atoms with Gasteiger partial charge in [0.15, 0.2) is 28.8 Å². The minimum absolute atomic E-state index is 0.0366. The summed E-state index contributed by atoms with van der Waals surface area (Å²) in [5, 5.41) is 29.8. The molecule has 0 amide bonds. The molecule has 0 bridgehead atoms. The highest BCUT2D eigenvalue weighted by Crippen LogP contribution is 2.35. The Morgan fingerprint density at radius 2 is 1.41 bits per heavy atom. The molecule has 0 aliphatic heterocycles. The van der Waals surface area contributed by atoms with Gasteiger partial charge in [-0.1, -0.05) is 18.7 Å². The maximum absolute atomic E-state index is 11.5. The highest BCUT2D eigenvalue weighted by Gasteiger charge is 2.13. The lowest BCUT2D eigenvalue weighted by Gasteiger charge is -2.13. The number of benzene rings is 2. The predicted molar refractivity (Wildman–Crippen MR) is 102 cm³/mol. The summed E-state index contributed by atoms with van der Waals surface area (Å²) in [4.78, 5) is 11.5. The van der Waals surface area contributed by atoms with E-state index in [1.807, 2.05) is 0 Å². The van der Waals surface area contributed by atoms with Gasteiger partial charge in [0, 0.05) is 6.08 Å². The van der Waals surface area contributed by atoms with E-state index in [1.165, 1.54) is 32.4 Å². The van der Waals surface area contributed by atoms with E-state index < -0.39 is 5.78 Å². The maximum Gasteiger partial charge on any atom is 0.181 e. The fourth-order valence-electron chi connectivity index (χ4n) is 2.42. The van der Waals surface area contributed by atoms with Crippen molar-refractivity contribution in [1.82, 2.24) is 0 Å². The van der Waals surface area contributed by atoms with Crippen molar-refractivity contribution in [3.63, 3.8) is 0 Å². The fourth-order valence-corrected chi connectivity index (χ4v) is 2.42. The van der Waals surface area contributed by atoms with Crippen molar-refractivity contribution in [2.24, 2.45) is 0 Å². The summed E-state index contributed by atoms with van der Waals surface area (Å²) in [6.07, 6.45) is 3.50. The summed E-state index contributed by atoms with van der Waals surface area (Å²) in [7, 11) is 2.85. The molecule has 6 heteroatoms. The lowest BCUT2D eigenvalue weighted by atomic mass is 9.96. The van der Waals surface area contributed by atoms with Crippen LogP contribution < -0.4 is 9.47 Å². The Bertz CT molecular complexity index is 869. The lowest BCUT2D eigenvalue weighted by Crippen LogP contribution is -1.94. The van der Waals surface area contributed by atoms with Gasteiger partial charge in [0.1, 0.15) is 5.76 Å². The van der Waals surface area contributed by atoms with Crippen molar-refractivity contribution < 1.29 is 29.6 Å². The second kappa shape index (κ2) is 8.62. The van der Waals surface area contributed by atoms with Crippen molar-refractivity contribution >= 4 is 11.4 Å². The molecule has 0 heterocycles. The van der Waals surface area contributed by atoms with Crippen LogP contribution >= 0.6 is 0 Å². The van der Waals surface area contributed by atoms with E-state index in [4.69, 9.17) is 9.47 Å². The third-order valence-electron chi connectivity index (χ3n) is 3.77. The number of carbonyl (C=O) groups excluding carboxylic acids is 1. The molecule has 2 rings (SSSR count). The molecule has 0 fully saturated rings. The molecule has 6 nitrogen and oxygen atoms in total. The topological polar surface area (TPSA) is 96.2 Å². The number of phenolic OH excluding ortho intramolecular Hbond substituents is 2. The number of allylic oxidation sites excluding steroid dienone is 3. The van der Waals surface area contributed by atoms with Gasteiger partial charge in [-0.05, 0) is 53.1 Å². The number of ketones is 1. The highest BCUT2D eigenvalue weighted by molar-refractivity contribution is 5.99. The fraction of sp³-hybridized carbons (Fsp3) is 0.0952. The Hall–Kier alpha value is -3.67. The predicted octanol–water partition coefficient (Wildman–Crippen LogP) is 3.74. The van der Waals surface area contributed by atoms with Crippen molar-refractivity contribution in [1.29, 1.82) is 0 Å². The monoisotopic (exact) mass is 368 g/mol. The molecule has 27 heavy (non-hydrogen) atoms. The summed E-state index contributed by atoms with van der Waals surface area (Å²) < 4.78 is 10.3. The Labute approximate surface area is 156 Å². The minimum Gasteiger partial charge on any atom is -0.508 e. The molecule has 2 aromatic carbocycles. The van der Waals surface area contributed by atoms with Gasteiger partial charge in [0.2, 0.25) is 0 Å². The number of aliphatic hydroxyl groups is 1. The highest BCUT2D eigenvalue weighted by atomic mass is 16.5. The second-order valence-corrected chi connectivity index (χ2v) is 5.51. The van der Waals surface area contributed by atoms with E-state index in [0.717, 1.165) is 12.2 Å². The molecular weight excluding hydrogens is 348 g/mol. The van der Waals surface area contributed by atoms with Gasteiger partial charge in [0.25, 0.3) is 0 Å². The molecule has 2 aromatic rings. The number of rotatable bonds is 7. The van der Waals surface area contributed by atoms with E-state index in [-0.39, 0.29) is 28.8 Å². The Morgan fingerprint density at radius 3 is 1.81 bits per heavy atom. The summed E-state index contributed by atoms with van der Waals surface area (Å²) in [6.45, 7) is 3.36. The van der Waals surface area contributed by atoms with E-state index in [2.05, 4.69) is 6.58 Å². The van der Waals surface area contributed by atoms with Crippen LogP contribution in [0.3, 0.4) is 0 Å². The number of ether oxygens (including phenoxy) is 2. The minimum atomic E-state index is -0.449.